The third kappa shape index (κ3) is 2.53. The van der Waals surface area contributed by atoms with Crippen LogP contribution in [0.2, 0.25) is 0 Å². The Balaban J connectivity index is 2.36. The van der Waals surface area contributed by atoms with Crippen LogP contribution in [-0.4, -0.2) is 20.4 Å². The van der Waals surface area contributed by atoms with Gasteiger partial charge in [-0.1, -0.05) is 30.3 Å². The topological polar surface area (TPSA) is 20.3 Å². The molecule has 0 atom stereocenters. The van der Waals surface area contributed by atoms with Crippen LogP contribution in [0.5, 0.6) is 0 Å². The average molecular weight is 225 g/mol. The van der Waals surface area contributed by atoms with E-state index >= 15 is 0 Å². The smallest absolute Gasteiger partial charge is 0.150 e. The van der Waals surface area contributed by atoms with Gasteiger partial charge < -0.3 is 4.90 Å². The first kappa shape index (κ1) is 11.4. The number of rotatable bonds is 3. The van der Waals surface area contributed by atoms with Crippen LogP contribution in [0.25, 0.3) is 11.1 Å². The predicted octanol–water partition coefficient (Wildman–Crippen LogP) is 3.23. The minimum atomic E-state index is 0.708. The summed E-state index contributed by atoms with van der Waals surface area (Å²) in [5.74, 6) is 0. The maximum atomic E-state index is 10.7. The maximum absolute atomic E-state index is 10.7. The maximum Gasteiger partial charge on any atom is 0.150 e. The van der Waals surface area contributed by atoms with Crippen LogP contribution < -0.4 is 4.90 Å². The fourth-order valence-corrected chi connectivity index (χ4v) is 1.74. The highest BCUT2D eigenvalue weighted by Gasteiger charge is 2.00. The van der Waals surface area contributed by atoms with Gasteiger partial charge in [-0.05, 0) is 29.3 Å². The summed E-state index contributed by atoms with van der Waals surface area (Å²) < 4.78 is 0. The Hall–Kier alpha value is -2.09. The van der Waals surface area contributed by atoms with E-state index in [1.807, 2.05) is 38.4 Å². The van der Waals surface area contributed by atoms with Gasteiger partial charge in [0.25, 0.3) is 0 Å². The molecule has 2 rings (SSSR count). The summed E-state index contributed by atoms with van der Waals surface area (Å²) in [6, 6.07) is 15.9. The lowest BCUT2D eigenvalue weighted by molar-refractivity contribution is 0.112. The highest BCUT2D eigenvalue weighted by Crippen LogP contribution is 2.22. The molecule has 0 heterocycles. The lowest BCUT2D eigenvalue weighted by Gasteiger charge is -2.12. The third-order valence-corrected chi connectivity index (χ3v) is 2.74. The Morgan fingerprint density at radius 2 is 1.65 bits per heavy atom. The number of hydrogen-bond acceptors (Lipinski definition) is 2. The molecule has 0 bridgehead atoms. The van der Waals surface area contributed by atoms with Crippen LogP contribution in [0.15, 0.2) is 48.5 Å². The fourth-order valence-electron chi connectivity index (χ4n) is 1.74. The highest BCUT2D eigenvalue weighted by molar-refractivity contribution is 5.79. The second-order valence-electron chi connectivity index (χ2n) is 4.18. The molecule has 17 heavy (non-hydrogen) atoms. The summed E-state index contributed by atoms with van der Waals surface area (Å²) >= 11 is 0. The van der Waals surface area contributed by atoms with Gasteiger partial charge in [0.15, 0.2) is 0 Å². The summed E-state index contributed by atoms with van der Waals surface area (Å²) in [4.78, 5) is 12.8. The molecule has 86 valence electrons. The molecule has 2 aromatic carbocycles. The number of carbonyl (C=O) groups is 1. The molecule has 0 saturated heterocycles. The standard InChI is InChI=1S/C15H15NO/c1-16(2)15-8-6-13(7-9-15)14-5-3-4-12(10-14)11-17/h3-11H,1-2H3. The summed E-state index contributed by atoms with van der Waals surface area (Å²) in [6.45, 7) is 0. The quantitative estimate of drug-likeness (QED) is 0.747. The first-order valence-electron chi connectivity index (χ1n) is 5.54. The first-order chi connectivity index (χ1) is 8.20. The van der Waals surface area contributed by atoms with E-state index in [2.05, 4.69) is 29.2 Å². The summed E-state index contributed by atoms with van der Waals surface area (Å²) in [5.41, 5.74) is 4.07. The van der Waals surface area contributed by atoms with Crippen molar-refractivity contribution in [2.75, 3.05) is 19.0 Å². The molecule has 0 radical (unpaired) electrons. The molecule has 0 aliphatic rings. The Morgan fingerprint density at radius 3 is 2.24 bits per heavy atom. The van der Waals surface area contributed by atoms with Crippen LogP contribution >= 0.6 is 0 Å². The molecule has 2 nitrogen and oxygen atoms in total. The highest BCUT2D eigenvalue weighted by atomic mass is 16.1. The van der Waals surface area contributed by atoms with Crippen molar-refractivity contribution in [3.05, 3.63) is 54.1 Å². The lowest BCUT2D eigenvalue weighted by Crippen LogP contribution is -2.07. The van der Waals surface area contributed by atoms with Crippen LogP contribution in [0.1, 0.15) is 10.4 Å². The SMILES string of the molecule is CN(C)c1ccc(-c2cccc(C=O)c2)cc1. The van der Waals surface area contributed by atoms with Crippen molar-refractivity contribution in [2.45, 2.75) is 0 Å². The first-order valence-corrected chi connectivity index (χ1v) is 5.54. The van der Waals surface area contributed by atoms with Gasteiger partial charge in [-0.3, -0.25) is 4.79 Å². The molecular weight excluding hydrogens is 210 g/mol. The van der Waals surface area contributed by atoms with Crippen molar-refractivity contribution in [3.63, 3.8) is 0 Å². The van der Waals surface area contributed by atoms with Crippen LogP contribution in [-0.2, 0) is 0 Å². The minimum Gasteiger partial charge on any atom is -0.378 e. The van der Waals surface area contributed by atoms with Gasteiger partial charge in [0.2, 0.25) is 0 Å². The van der Waals surface area contributed by atoms with Crippen molar-refractivity contribution in [3.8, 4) is 11.1 Å². The zero-order valence-electron chi connectivity index (χ0n) is 10.1. The number of carbonyl (C=O) groups excluding carboxylic acids is 1. The van der Waals surface area contributed by atoms with Gasteiger partial charge in [0, 0.05) is 25.3 Å². The zero-order chi connectivity index (χ0) is 12.3. The molecule has 2 aromatic rings. The second-order valence-corrected chi connectivity index (χ2v) is 4.18. The third-order valence-electron chi connectivity index (χ3n) is 2.74. The van der Waals surface area contributed by atoms with Crippen molar-refractivity contribution in [1.29, 1.82) is 0 Å². The number of hydrogen-bond donors (Lipinski definition) is 0. The van der Waals surface area contributed by atoms with Crippen molar-refractivity contribution in [2.24, 2.45) is 0 Å². The van der Waals surface area contributed by atoms with Gasteiger partial charge in [0.05, 0.1) is 0 Å². The largest absolute Gasteiger partial charge is 0.378 e. The van der Waals surface area contributed by atoms with E-state index in [0.717, 1.165) is 17.4 Å². The van der Waals surface area contributed by atoms with Crippen molar-refractivity contribution in [1.82, 2.24) is 0 Å². The molecule has 0 saturated carbocycles. The van der Waals surface area contributed by atoms with Gasteiger partial charge in [-0.2, -0.15) is 0 Å². The van der Waals surface area contributed by atoms with E-state index in [1.165, 1.54) is 5.69 Å². The predicted molar refractivity (Wildman–Crippen MR) is 71.6 cm³/mol. The van der Waals surface area contributed by atoms with Crippen LogP contribution in [0.3, 0.4) is 0 Å². The van der Waals surface area contributed by atoms with E-state index < -0.39 is 0 Å². The molecule has 0 fully saturated rings. The van der Waals surface area contributed by atoms with E-state index in [-0.39, 0.29) is 0 Å². The second kappa shape index (κ2) is 4.83. The summed E-state index contributed by atoms with van der Waals surface area (Å²) in [6.07, 6.45) is 0.873. The average Bonchev–Trinajstić information content (AvgIpc) is 2.39. The number of nitrogens with zero attached hydrogens (tertiary/aromatic N) is 1. The zero-order valence-corrected chi connectivity index (χ0v) is 10.1. The number of aldehydes is 1. The Labute approximate surface area is 102 Å². The number of benzene rings is 2. The van der Waals surface area contributed by atoms with Crippen molar-refractivity contribution >= 4 is 12.0 Å². The molecule has 0 aromatic heterocycles. The molecule has 0 spiro atoms. The van der Waals surface area contributed by atoms with Crippen LogP contribution in [0.4, 0.5) is 5.69 Å². The molecule has 2 heteroatoms. The normalized spacial score (nSPS) is 10.0. The van der Waals surface area contributed by atoms with Gasteiger partial charge in [-0.25, -0.2) is 0 Å². The van der Waals surface area contributed by atoms with Crippen molar-refractivity contribution < 1.29 is 4.79 Å². The number of anilines is 1. The van der Waals surface area contributed by atoms with Gasteiger partial charge in [-0.15, -0.1) is 0 Å². The summed E-state index contributed by atoms with van der Waals surface area (Å²) in [5, 5.41) is 0. The van der Waals surface area contributed by atoms with E-state index in [4.69, 9.17) is 0 Å². The Kier molecular flexibility index (Phi) is 3.24. The van der Waals surface area contributed by atoms with Crippen LogP contribution in [0, 0.1) is 0 Å². The van der Waals surface area contributed by atoms with E-state index in [1.54, 1.807) is 0 Å². The molecule has 0 aliphatic heterocycles. The minimum absolute atomic E-state index is 0.708. The van der Waals surface area contributed by atoms with E-state index in [0.29, 0.717) is 5.56 Å². The fraction of sp³-hybridized carbons (Fsp3) is 0.133. The van der Waals surface area contributed by atoms with Gasteiger partial charge >= 0.3 is 0 Å². The monoisotopic (exact) mass is 225 g/mol. The lowest BCUT2D eigenvalue weighted by atomic mass is 10.0. The molecular formula is C15H15NO. The molecule has 0 unspecified atom stereocenters. The Bertz CT molecular complexity index is 515. The Morgan fingerprint density at radius 1 is 0.941 bits per heavy atom. The van der Waals surface area contributed by atoms with E-state index in [9.17, 15) is 4.79 Å². The molecule has 0 amide bonds. The van der Waals surface area contributed by atoms with Gasteiger partial charge in [0.1, 0.15) is 6.29 Å². The summed E-state index contributed by atoms with van der Waals surface area (Å²) in [7, 11) is 4.03. The molecule has 0 N–H and O–H groups in total. The molecule has 0 aliphatic carbocycles.